The van der Waals surface area contributed by atoms with Gasteiger partial charge in [0.05, 0.1) is 0 Å². The topological polar surface area (TPSA) is 3.24 Å². The Bertz CT molecular complexity index is 2080. The van der Waals surface area contributed by atoms with Crippen molar-refractivity contribution in [2.75, 3.05) is 4.90 Å². The quantitative estimate of drug-likeness (QED) is 0.220. The molecule has 8 rings (SSSR count). The van der Waals surface area contributed by atoms with Crippen LogP contribution in [0.1, 0.15) is 0 Å². The fourth-order valence-corrected chi connectivity index (χ4v) is 6.11. The zero-order valence-corrected chi connectivity index (χ0v) is 21.4. The Kier molecular flexibility index (Phi) is 4.89. The first-order valence-corrected chi connectivity index (χ1v) is 13.4. The lowest BCUT2D eigenvalue weighted by Crippen LogP contribution is -2.10. The van der Waals surface area contributed by atoms with Gasteiger partial charge < -0.3 is 4.90 Å². The molecule has 0 fully saturated rings. The molecule has 0 saturated carbocycles. The van der Waals surface area contributed by atoms with Gasteiger partial charge in [-0.1, -0.05) is 115 Å². The first kappa shape index (κ1) is 21.9. The van der Waals surface area contributed by atoms with E-state index in [-0.39, 0.29) is 0 Å². The smallest absolute Gasteiger partial charge is 0.0468 e. The van der Waals surface area contributed by atoms with Crippen molar-refractivity contribution in [1.82, 2.24) is 0 Å². The lowest BCUT2D eigenvalue weighted by molar-refractivity contribution is 1.30. The molecule has 0 unspecified atom stereocenters. The van der Waals surface area contributed by atoms with E-state index in [0.29, 0.717) is 0 Å². The van der Waals surface area contributed by atoms with Gasteiger partial charge in [0, 0.05) is 17.1 Å². The second-order valence-electron chi connectivity index (χ2n) is 10.2. The molecule has 0 aliphatic heterocycles. The Balaban J connectivity index is 1.43. The van der Waals surface area contributed by atoms with Gasteiger partial charge in [-0.25, -0.2) is 0 Å². The van der Waals surface area contributed by atoms with Crippen LogP contribution >= 0.6 is 0 Å². The van der Waals surface area contributed by atoms with E-state index in [9.17, 15) is 0 Å². The summed E-state index contributed by atoms with van der Waals surface area (Å²) in [5, 5.41) is 12.7. The molecule has 0 bridgehead atoms. The van der Waals surface area contributed by atoms with Crippen LogP contribution in [0.2, 0.25) is 0 Å². The maximum Gasteiger partial charge on any atom is 0.0468 e. The van der Waals surface area contributed by atoms with Gasteiger partial charge in [0.2, 0.25) is 0 Å². The van der Waals surface area contributed by atoms with Crippen molar-refractivity contribution in [1.29, 1.82) is 0 Å². The summed E-state index contributed by atoms with van der Waals surface area (Å²) in [6.07, 6.45) is 0. The number of hydrogen-bond acceptors (Lipinski definition) is 1. The van der Waals surface area contributed by atoms with Crippen LogP contribution in [0.3, 0.4) is 0 Å². The van der Waals surface area contributed by atoms with E-state index in [0.717, 1.165) is 17.1 Å². The van der Waals surface area contributed by atoms with Gasteiger partial charge in [-0.05, 0) is 90.3 Å². The van der Waals surface area contributed by atoms with Crippen LogP contribution < -0.4 is 4.90 Å². The summed E-state index contributed by atoms with van der Waals surface area (Å²) in [7, 11) is 0. The molecule has 8 aromatic rings. The largest absolute Gasteiger partial charge is 0.310 e. The highest BCUT2D eigenvalue weighted by Gasteiger charge is 2.16. The Morgan fingerprint density at radius 1 is 0.256 bits per heavy atom. The predicted octanol–water partition coefficient (Wildman–Crippen LogP) is 10.9. The number of nitrogens with zero attached hydrogens (tertiary/aromatic N) is 1. The molecule has 0 aliphatic carbocycles. The van der Waals surface area contributed by atoms with Crippen LogP contribution in [0.5, 0.6) is 0 Å². The van der Waals surface area contributed by atoms with Crippen molar-refractivity contribution in [2.45, 2.75) is 0 Å². The standard InChI is InChI=1S/C38H25N/c1-3-11-28-23-30(19-17-26(28)9-1)39(31-20-18-27-10-2-4-12-29(27)24-31)32-21-22-37-35-15-6-5-13-33(35)34-14-7-8-16-36(34)38(37)25-32/h1-25H. The van der Waals surface area contributed by atoms with Crippen LogP contribution in [0.4, 0.5) is 17.1 Å². The lowest BCUT2D eigenvalue weighted by Gasteiger charge is -2.27. The SMILES string of the molecule is c1ccc2cc(N(c3ccc4ccccc4c3)c3ccc4c5ccccc5c5ccccc5c4c3)ccc2c1. The summed E-state index contributed by atoms with van der Waals surface area (Å²) in [6.45, 7) is 0. The summed E-state index contributed by atoms with van der Waals surface area (Å²) in [5.41, 5.74) is 3.44. The van der Waals surface area contributed by atoms with E-state index in [1.54, 1.807) is 0 Å². The molecule has 0 aromatic heterocycles. The van der Waals surface area contributed by atoms with E-state index in [2.05, 4.69) is 157 Å². The molecular formula is C38H25N. The van der Waals surface area contributed by atoms with E-state index < -0.39 is 0 Å². The van der Waals surface area contributed by atoms with Crippen molar-refractivity contribution in [3.05, 3.63) is 152 Å². The molecule has 0 heterocycles. The monoisotopic (exact) mass is 495 g/mol. The molecule has 1 nitrogen and oxygen atoms in total. The molecule has 0 N–H and O–H groups in total. The summed E-state index contributed by atoms with van der Waals surface area (Å²) in [4.78, 5) is 2.39. The average molecular weight is 496 g/mol. The minimum atomic E-state index is 1.15. The zero-order valence-electron chi connectivity index (χ0n) is 21.4. The highest BCUT2D eigenvalue weighted by Crippen LogP contribution is 2.41. The third-order valence-corrected chi connectivity index (χ3v) is 7.97. The van der Waals surface area contributed by atoms with Gasteiger partial charge >= 0.3 is 0 Å². The molecule has 0 saturated heterocycles. The second kappa shape index (κ2) is 8.72. The molecule has 0 aliphatic rings. The van der Waals surface area contributed by atoms with Crippen molar-refractivity contribution in [2.24, 2.45) is 0 Å². The Morgan fingerprint density at radius 2 is 0.615 bits per heavy atom. The van der Waals surface area contributed by atoms with Crippen LogP contribution in [-0.2, 0) is 0 Å². The number of benzene rings is 8. The molecule has 0 spiro atoms. The highest BCUT2D eigenvalue weighted by molar-refractivity contribution is 6.25. The predicted molar refractivity (Wildman–Crippen MR) is 169 cm³/mol. The molecular weight excluding hydrogens is 470 g/mol. The third kappa shape index (κ3) is 3.55. The van der Waals surface area contributed by atoms with E-state index in [4.69, 9.17) is 0 Å². The Hall–Kier alpha value is -5.14. The van der Waals surface area contributed by atoms with Crippen molar-refractivity contribution < 1.29 is 0 Å². The molecule has 182 valence electrons. The number of anilines is 3. The van der Waals surface area contributed by atoms with Gasteiger partial charge in [-0.3, -0.25) is 0 Å². The third-order valence-electron chi connectivity index (χ3n) is 7.97. The number of rotatable bonds is 3. The van der Waals surface area contributed by atoms with Crippen molar-refractivity contribution in [3.8, 4) is 0 Å². The van der Waals surface area contributed by atoms with Gasteiger partial charge in [0.1, 0.15) is 0 Å². The zero-order chi connectivity index (χ0) is 25.8. The Morgan fingerprint density at radius 3 is 1.13 bits per heavy atom. The van der Waals surface area contributed by atoms with Crippen LogP contribution in [0, 0.1) is 0 Å². The minimum absolute atomic E-state index is 1.15. The van der Waals surface area contributed by atoms with Crippen LogP contribution in [-0.4, -0.2) is 0 Å². The normalized spacial score (nSPS) is 11.6. The number of hydrogen-bond donors (Lipinski definition) is 0. The van der Waals surface area contributed by atoms with Crippen LogP contribution in [0.15, 0.2) is 152 Å². The van der Waals surface area contributed by atoms with E-state index >= 15 is 0 Å². The minimum Gasteiger partial charge on any atom is -0.310 e. The average Bonchev–Trinajstić information content (AvgIpc) is 3.01. The molecule has 1 heteroatoms. The van der Waals surface area contributed by atoms with Gasteiger partial charge in [0.25, 0.3) is 0 Å². The fourth-order valence-electron chi connectivity index (χ4n) is 6.11. The number of fused-ring (bicyclic) bond motifs is 8. The van der Waals surface area contributed by atoms with Crippen molar-refractivity contribution >= 4 is 70.9 Å². The Labute approximate surface area is 227 Å². The maximum absolute atomic E-state index is 2.39. The molecule has 0 radical (unpaired) electrons. The molecule has 39 heavy (non-hydrogen) atoms. The first-order valence-electron chi connectivity index (χ1n) is 13.4. The summed E-state index contributed by atoms with van der Waals surface area (Å²) >= 11 is 0. The van der Waals surface area contributed by atoms with Crippen LogP contribution in [0.25, 0.3) is 53.9 Å². The maximum atomic E-state index is 2.39. The summed E-state index contributed by atoms with van der Waals surface area (Å²) < 4.78 is 0. The second-order valence-corrected chi connectivity index (χ2v) is 10.2. The van der Waals surface area contributed by atoms with E-state index in [1.165, 1.54) is 53.9 Å². The molecule has 0 amide bonds. The first-order chi connectivity index (χ1) is 19.3. The van der Waals surface area contributed by atoms with Gasteiger partial charge in [0.15, 0.2) is 0 Å². The molecule has 8 aromatic carbocycles. The van der Waals surface area contributed by atoms with Gasteiger partial charge in [-0.2, -0.15) is 0 Å². The fraction of sp³-hybridized carbons (Fsp3) is 0. The lowest BCUT2D eigenvalue weighted by atomic mass is 9.94. The van der Waals surface area contributed by atoms with Gasteiger partial charge in [-0.15, -0.1) is 0 Å². The van der Waals surface area contributed by atoms with Crippen molar-refractivity contribution in [3.63, 3.8) is 0 Å². The highest BCUT2D eigenvalue weighted by atomic mass is 15.1. The summed E-state index contributed by atoms with van der Waals surface area (Å²) in [6, 6.07) is 55.2. The van der Waals surface area contributed by atoms with E-state index in [1.807, 2.05) is 0 Å². The molecule has 0 atom stereocenters. The summed E-state index contributed by atoms with van der Waals surface area (Å²) in [5.74, 6) is 0.